The van der Waals surface area contributed by atoms with Crippen LogP contribution in [-0.2, 0) is 7.05 Å². The highest BCUT2D eigenvalue weighted by atomic mass is 32.2. The lowest BCUT2D eigenvalue weighted by Crippen LogP contribution is -1.98. The quantitative estimate of drug-likeness (QED) is 0.748. The van der Waals surface area contributed by atoms with E-state index in [1.54, 1.807) is 12.3 Å². The first-order chi connectivity index (χ1) is 9.72. The second kappa shape index (κ2) is 5.34. The van der Waals surface area contributed by atoms with Crippen LogP contribution in [0.1, 0.15) is 0 Å². The van der Waals surface area contributed by atoms with Crippen LogP contribution in [0.3, 0.4) is 0 Å². The van der Waals surface area contributed by atoms with Gasteiger partial charge >= 0.3 is 0 Å². The third kappa shape index (κ3) is 2.65. The molecule has 3 aromatic rings. The summed E-state index contributed by atoms with van der Waals surface area (Å²) in [5.74, 6) is 1.08. The number of nitrogens with zero attached hydrogens (tertiary/aromatic N) is 4. The Balaban J connectivity index is 1.97. The Morgan fingerprint density at radius 2 is 1.95 bits per heavy atom. The topological polar surface area (TPSA) is 69.6 Å². The SMILES string of the molecule is Cn1ccnc1Sc1cc(N)nc(-c2ccccc2)n1. The minimum absolute atomic E-state index is 0.454. The molecule has 0 saturated heterocycles. The van der Waals surface area contributed by atoms with Crippen LogP contribution in [0.25, 0.3) is 11.4 Å². The zero-order chi connectivity index (χ0) is 13.9. The van der Waals surface area contributed by atoms with Crippen molar-refractivity contribution >= 4 is 17.6 Å². The van der Waals surface area contributed by atoms with Crippen LogP contribution in [0.4, 0.5) is 5.82 Å². The van der Waals surface area contributed by atoms with Crippen molar-refractivity contribution in [2.45, 2.75) is 10.2 Å². The second-order valence-corrected chi connectivity index (χ2v) is 5.23. The van der Waals surface area contributed by atoms with E-state index in [9.17, 15) is 0 Å². The van der Waals surface area contributed by atoms with Crippen molar-refractivity contribution in [2.75, 3.05) is 5.73 Å². The van der Waals surface area contributed by atoms with Gasteiger partial charge in [0.1, 0.15) is 10.8 Å². The molecule has 3 rings (SSSR count). The number of rotatable bonds is 3. The van der Waals surface area contributed by atoms with Crippen LogP contribution in [0.15, 0.2) is 59.0 Å². The zero-order valence-corrected chi connectivity index (χ0v) is 11.7. The van der Waals surface area contributed by atoms with Crippen LogP contribution < -0.4 is 5.73 Å². The summed E-state index contributed by atoms with van der Waals surface area (Å²) in [7, 11) is 1.94. The van der Waals surface area contributed by atoms with E-state index < -0.39 is 0 Å². The molecule has 0 fully saturated rings. The molecular weight excluding hydrogens is 270 g/mol. The molecule has 20 heavy (non-hydrogen) atoms. The van der Waals surface area contributed by atoms with Crippen LogP contribution in [-0.4, -0.2) is 19.5 Å². The van der Waals surface area contributed by atoms with Crippen LogP contribution >= 0.6 is 11.8 Å². The molecular formula is C14H13N5S. The van der Waals surface area contributed by atoms with Crippen molar-refractivity contribution in [3.05, 3.63) is 48.8 Å². The van der Waals surface area contributed by atoms with Crippen LogP contribution in [0.5, 0.6) is 0 Å². The Labute approximate surface area is 120 Å². The first-order valence-electron chi connectivity index (χ1n) is 6.07. The van der Waals surface area contributed by atoms with Crippen molar-refractivity contribution in [2.24, 2.45) is 7.05 Å². The summed E-state index contributed by atoms with van der Waals surface area (Å²) in [5.41, 5.74) is 6.82. The highest BCUT2D eigenvalue weighted by Gasteiger charge is 2.08. The molecule has 0 atom stereocenters. The Kier molecular flexibility index (Phi) is 3.39. The van der Waals surface area contributed by atoms with Crippen LogP contribution in [0.2, 0.25) is 0 Å². The Morgan fingerprint density at radius 1 is 1.15 bits per heavy atom. The van der Waals surface area contributed by atoms with Crippen LogP contribution in [0, 0.1) is 0 Å². The van der Waals surface area contributed by atoms with Gasteiger partial charge in [-0.2, -0.15) is 0 Å². The number of nitrogens with two attached hydrogens (primary N) is 1. The van der Waals surface area contributed by atoms with Gasteiger partial charge in [0.25, 0.3) is 0 Å². The van der Waals surface area contributed by atoms with E-state index >= 15 is 0 Å². The van der Waals surface area contributed by atoms with Crippen molar-refractivity contribution in [1.82, 2.24) is 19.5 Å². The third-order valence-electron chi connectivity index (χ3n) is 2.73. The second-order valence-electron chi connectivity index (χ2n) is 4.24. The van der Waals surface area contributed by atoms with Crippen molar-refractivity contribution < 1.29 is 0 Å². The van der Waals surface area contributed by atoms with Gasteiger partial charge in [0.15, 0.2) is 11.0 Å². The minimum atomic E-state index is 0.454. The lowest BCUT2D eigenvalue weighted by Gasteiger charge is -2.05. The molecule has 2 heterocycles. The van der Waals surface area contributed by atoms with Crippen molar-refractivity contribution in [1.29, 1.82) is 0 Å². The van der Waals surface area contributed by atoms with E-state index in [-0.39, 0.29) is 0 Å². The van der Waals surface area contributed by atoms with Crippen molar-refractivity contribution in [3.8, 4) is 11.4 Å². The highest BCUT2D eigenvalue weighted by Crippen LogP contribution is 2.27. The number of nitrogen functional groups attached to an aromatic ring is 1. The molecule has 2 N–H and O–H groups in total. The molecule has 0 bridgehead atoms. The smallest absolute Gasteiger partial charge is 0.174 e. The zero-order valence-electron chi connectivity index (χ0n) is 10.9. The Morgan fingerprint density at radius 3 is 2.65 bits per heavy atom. The van der Waals surface area contributed by atoms with E-state index in [0.717, 1.165) is 15.7 Å². The van der Waals surface area contributed by atoms with E-state index in [1.165, 1.54) is 11.8 Å². The highest BCUT2D eigenvalue weighted by molar-refractivity contribution is 7.99. The molecule has 5 nitrogen and oxygen atoms in total. The maximum atomic E-state index is 5.87. The molecule has 0 unspecified atom stereocenters. The average Bonchev–Trinajstić information content (AvgIpc) is 2.85. The monoisotopic (exact) mass is 283 g/mol. The molecule has 0 aliphatic heterocycles. The lowest BCUT2D eigenvalue weighted by atomic mass is 10.2. The first kappa shape index (κ1) is 12.7. The molecule has 0 amide bonds. The number of aryl methyl sites for hydroxylation is 1. The predicted octanol–water partition coefficient (Wildman–Crippen LogP) is 2.61. The fraction of sp³-hybridized carbons (Fsp3) is 0.0714. The van der Waals surface area contributed by atoms with Gasteiger partial charge in [0.2, 0.25) is 0 Å². The first-order valence-corrected chi connectivity index (χ1v) is 6.89. The number of benzene rings is 1. The van der Waals surface area contributed by atoms with E-state index in [0.29, 0.717) is 11.6 Å². The Hall–Kier alpha value is -2.34. The van der Waals surface area contributed by atoms with Crippen molar-refractivity contribution in [3.63, 3.8) is 0 Å². The third-order valence-corrected chi connectivity index (χ3v) is 3.72. The fourth-order valence-corrected chi connectivity index (χ4v) is 2.57. The summed E-state index contributed by atoms with van der Waals surface area (Å²) in [6.07, 6.45) is 3.65. The number of hydrogen-bond acceptors (Lipinski definition) is 5. The number of hydrogen-bond donors (Lipinski definition) is 1. The average molecular weight is 283 g/mol. The molecule has 100 valence electrons. The maximum Gasteiger partial charge on any atom is 0.174 e. The molecule has 0 saturated carbocycles. The molecule has 2 aromatic heterocycles. The molecule has 1 aromatic carbocycles. The van der Waals surface area contributed by atoms with Gasteiger partial charge in [0.05, 0.1) is 0 Å². The molecule has 0 spiro atoms. The summed E-state index contributed by atoms with van der Waals surface area (Å²) in [4.78, 5) is 13.1. The van der Waals surface area contributed by atoms with E-state index in [4.69, 9.17) is 5.73 Å². The molecule has 6 heteroatoms. The Bertz CT molecular complexity index is 723. The molecule has 0 aliphatic rings. The number of aromatic nitrogens is 4. The largest absolute Gasteiger partial charge is 0.384 e. The standard InChI is InChI=1S/C14H13N5S/c1-19-8-7-16-14(19)20-12-9-11(15)17-13(18-12)10-5-3-2-4-6-10/h2-9H,1H3,(H2,15,17,18). The van der Waals surface area contributed by atoms with Gasteiger partial charge in [0, 0.05) is 31.1 Å². The predicted molar refractivity (Wildman–Crippen MR) is 79.2 cm³/mol. The summed E-state index contributed by atoms with van der Waals surface area (Å²) in [5, 5.41) is 1.65. The molecule has 0 radical (unpaired) electrons. The number of imidazole rings is 1. The van der Waals surface area contributed by atoms with Gasteiger partial charge in [-0.1, -0.05) is 30.3 Å². The van der Waals surface area contributed by atoms with E-state index in [2.05, 4.69) is 15.0 Å². The maximum absolute atomic E-state index is 5.87. The van der Waals surface area contributed by atoms with Gasteiger partial charge in [-0.3, -0.25) is 0 Å². The summed E-state index contributed by atoms with van der Waals surface area (Å²) < 4.78 is 1.94. The normalized spacial score (nSPS) is 10.7. The summed E-state index contributed by atoms with van der Waals surface area (Å²) in [6, 6.07) is 11.5. The molecule has 0 aliphatic carbocycles. The lowest BCUT2D eigenvalue weighted by molar-refractivity contribution is 0.788. The summed E-state index contributed by atoms with van der Waals surface area (Å²) in [6.45, 7) is 0. The fourth-order valence-electron chi connectivity index (χ4n) is 1.76. The van der Waals surface area contributed by atoms with Gasteiger partial charge < -0.3 is 10.3 Å². The minimum Gasteiger partial charge on any atom is -0.384 e. The number of anilines is 1. The van der Waals surface area contributed by atoms with Gasteiger partial charge in [-0.25, -0.2) is 15.0 Å². The summed E-state index contributed by atoms with van der Waals surface area (Å²) >= 11 is 1.46. The van der Waals surface area contributed by atoms with E-state index in [1.807, 2.05) is 48.1 Å². The van der Waals surface area contributed by atoms with Gasteiger partial charge in [-0.15, -0.1) is 0 Å². The van der Waals surface area contributed by atoms with Gasteiger partial charge in [-0.05, 0) is 11.8 Å².